The fourth-order valence-electron chi connectivity index (χ4n) is 2.80. The molecule has 0 atom stereocenters. The molecule has 4 nitrogen and oxygen atoms in total. The number of benzene rings is 2. The van der Waals surface area contributed by atoms with Gasteiger partial charge in [-0.05, 0) is 55.2 Å². The third-order valence-electron chi connectivity index (χ3n) is 4.55. The lowest BCUT2D eigenvalue weighted by atomic mass is 10.1. The predicted molar refractivity (Wildman–Crippen MR) is 109 cm³/mol. The molecule has 136 valence electrons. The monoisotopic (exact) mass is 376 g/mol. The number of aryl methyl sites for hydroxylation is 1. The van der Waals surface area contributed by atoms with Gasteiger partial charge in [-0.2, -0.15) is 0 Å². The van der Waals surface area contributed by atoms with Gasteiger partial charge in [-0.25, -0.2) is 0 Å². The second-order valence-corrected chi connectivity index (χ2v) is 7.85. The number of carbonyl (C=O) groups is 2. The Balaban J connectivity index is 1.51. The van der Waals surface area contributed by atoms with E-state index in [-0.39, 0.29) is 11.8 Å². The van der Waals surface area contributed by atoms with E-state index in [0.717, 1.165) is 28.8 Å². The minimum Gasteiger partial charge on any atom is -0.349 e. The molecule has 0 aliphatic heterocycles. The van der Waals surface area contributed by atoms with Gasteiger partial charge in [0.05, 0.1) is 4.88 Å². The Labute approximate surface area is 162 Å². The number of thiophene rings is 1. The van der Waals surface area contributed by atoms with E-state index in [4.69, 9.17) is 0 Å². The quantitative estimate of drug-likeness (QED) is 0.667. The summed E-state index contributed by atoms with van der Waals surface area (Å²) in [5.41, 5.74) is 3.25. The molecule has 1 aliphatic rings. The maximum absolute atomic E-state index is 12.7. The zero-order chi connectivity index (χ0) is 18.8. The second-order valence-electron chi connectivity index (χ2n) is 6.76. The number of rotatable bonds is 5. The van der Waals surface area contributed by atoms with Crippen molar-refractivity contribution < 1.29 is 9.59 Å². The highest BCUT2D eigenvalue weighted by molar-refractivity contribution is 7.17. The fraction of sp³-hybridized carbons (Fsp3) is 0.182. The zero-order valence-electron chi connectivity index (χ0n) is 15.0. The molecule has 1 fully saturated rings. The van der Waals surface area contributed by atoms with Crippen LogP contribution in [0.5, 0.6) is 0 Å². The maximum Gasteiger partial charge on any atom is 0.265 e. The van der Waals surface area contributed by atoms with Crippen molar-refractivity contribution in [3.63, 3.8) is 0 Å². The number of anilines is 1. The van der Waals surface area contributed by atoms with Crippen molar-refractivity contribution in [3.8, 4) is 10.4 Å². The molecule has 5 heteroatoms. The van der Waals surface area contributed by atoms with Crippen LogP contribution in [0.4, 0.5) is 5.69 Å². The van der Waals surface area contributed by atoms with E-state index in [2.05, 4.69) is 10.6 Å². The summed E-state index contributed by atoms with van der Waals surface area (Å²) in [5, 5.41) is 5.92. The summed E-state index contributed by atoms with van der Waals surface area (Å²) in [4.78, 5) is 26.6. The summed E-state index contributed by atoms with van der Waals surface area (Å²) >= 11 is 1.46. The van der Waals surface area contributed by atoms with Crippen LogP contribution in [0, 0.1) is 6.92 Å². The molecule has 0 saturated heterocycles. The Morgan fingerprint density at radius 1 is 0.963 bits per heavy atom. The van der Waals surface area contributed by atoms with Crippen LogP contribution in [0.1, 0.15) is 38.4 Å². The van der Waals surface area contributed by atoms with Crippen LogP contribution in [0.2, 0.25) is 0 Å². The zero-order valence-corrected chi connectivity index (χ0v) is 15.8. The number of hydrogen-bond donors (Lipinski definition) is 2. The van der Waals surface area contributed by atoms with E-state index in [1.165, 1.54) is 11.3 Å². The molecule has 1 heterocycles. The van der Waals surface area contributed by atoms with Crippen molar-refractivity contribution in [3.05, 3.63) is 76.7 Å². The molecule has 27 heavy (non-hydrogen) atoms. The average molecular weight is 376 g/mol. The lowest BCUT2D eigenvalue weighted by Gasteiger charge is -2.10. The Bertz CT molecular complexity index is 991. The van der Waals surface area contributed by atoms with Crippen LogP contribution < -0.4 is 10.6 Å². The molecule has 0 radical (unpaired) electrons. The van der Waals surface area contributed by atoms with Crippen molar-refractivity contribution >= 4 is 28.8 Å². The molecule has 1 aromatic heterocycles. The van der Waals surface area contributed by atoms with Crippen molar-refractivity contribution in [1.82, 2.24) is 5.32 Å². The third-order valence-corrected chi connectivity index (χ3v) is 5.68. The van der Waals surface area contributed by atoms with Crippen molar-refractivity contribution in [2.75, 3.05) is 5.32 Å². The van der Waals surface area contributed by atoms with Gasteiger partial charge in [-0.15, -0.1) is 11.3 Å². The first-order chi connectivity index (χ1) is 13.1. The molecule has 1 aliphatic carbocycles. The fourth-order valence-corrected chi connectivity index (χ4v) is 3.70. The van der Waals surface area contributed by atoms with E-state index in [0.29, 0.717) is 22.2 Å². The van der Waals surface area contributed by atoms with Gasteiger partial charge < -0.3 is 10.6 Å². The molecule has 3 aromatic rings. The first-order valence-corrected chi connectivity index (χ1v) is 9.80. The highest BCUT2D eigenvalue weighted by Crippen LogP contribution is 2.29. The van der Waals surface area contributed by atoms with E-state index in [1.54, 1.807) is 12.1 Å². The molecular weight excluding hydrogens is 356 g/mol. The predicted octanol–water partition coefficient (Wildman–Crippen LogP) is 4.87. The smallest absolute Gasteiger partial charge is 0.265 e. The third kappa shape index (κ3) is 4.09. The van der Waals surface area contributed by atoms with Gasteiger partial charge in [-0.1, -0.05) is 36.4 Å². The first kappa shape index (κ1) is 17.5. The van der Waals surface area contributed by atoms with Crippen LogP contribution in [0.25, 0.3) is 10.4 Å². The maximum atomic E-state index is 12.7. The minimum atomic E-state index is -0.162. The summed E-state index contributed by atoms with van der Waals surface area (Å²) in [6.45, 7) is 1.92. The first-order valence-electron chi connectivity index (χ1n) is 8.98. The highest BCUT2D eigenvalue weighted by atomic mass is 32.1. The molecule has 2 amide bonds. The van der Waals surface area contributed by atoms with E-state index < -0.39 is 0 Å². The van der Waals surface area contributed by atoms with Crippen LogP contribution in [-0.2, 0) is 0 Å². The van der Waals surface area contributed by atoms with Crippen molar-refractivity contribution in [1.29, 1.82) is 0 Å². The van der Waals surface area contributed by atoms with Gasteiger partial charge in [0.25, 0.3) is 11.8 Å². The normalized spacial score (nSPS) is 13.2. The molecular formula is C22H20N2O2S. The largest absolute Gasteiger partial charge is 0.349 e. The van der Waals surface area contributed by atoms with Crippen molar-refractivity contribution in [2.45, 2.75) is 25.8 Å². The van der Waals surface area contributed by atoms with E-state index in [9.17, 15) is 9.59 Å². The molecule has 0 unspecified atom stereocenters. The van der Waals surface area contributed by atoms with Crippen molar-refractivity contribution in [2.24, 2.45) is 0 Å². The lowest BCUT2D eigenvalue weighted by Crippen LogP contribution is -2.25. The SMILES string of the molecule is Cc1ccc(C(=O)NC2CC2)cc1NC(=O)c1ccc(-c2ccccc2)s1. The summed E-state index contributed by atoms with van der Waals surface area (Å²) in [6.07, 6.45) is 2.09. The van der Waals surface area contributed by atoms with Gasteiger partial charge in [0.2, 0.25) is 0 Å². The Morgan fingerprint density at radius 3 is 2.48 bits per heavy atom. The van der Waals surface area contributed by atoms with E-state index >= 15 is 0 Å². The number of nitrogens with one attached hydrogen (secondary N) is 2. The summed E-state index contributed by atoms with van der Waals surface area (Å²) in [6, 6.07) is 19.5. The Hall–Kier alpha value is -2.92. The molecule has 1 saturated carbocycles. The summed E-state index contributed by atoms with van der Waals surface area (Å²) in [5.74, 6) is -0.250. The molecule has 0 bridgehead atoms. The number of amides is 2. The molecule has 4 rings (SSSR count). The van der Waals surface area contributed by atoms with Crippen LogP contribution >= 0.6 is 11.3 Å². The van der Waals surface area contributed by atoms with Gasteiger partial charge in [0.1, 0.15) is 0 Å². The number of carbonyl (C=O) groups excluding carboxylic acids is 2. The molecule has 0 spiro atoms. The summed E-state index contributed by atoms with van der Waals surface area (Å²) in [7, 11) is 0. The van der Waals surface area contributed by atoms with Gasteiger partial charge >= 0.3 is 0 Å². The van der Waals surface area contributed by atoms with Gasteiger partial charge in [0, 0.05) is 22.2 Å². The number of hydrogen-bond acceptors (Lipinski definition) is 3. The van der Waals surface area contributed by atoms with E-state index in [1.807, 2.05) is 55.5 Å². The molecule has 2 aromatic carbocycles. The summed E-state index contributed by atoms with van der Waals surface area (Å²) < 4.78 is 0. The highest BCUT2D eigenvalue weighted by Gasteiger charge is 2.24. The Morgan fingerprint density at radius 2 is 1.74 bits per heavy atom. The van der Waals surface area contributed by atoms with Crippen LogP contribution in [0.15, 0.2) is 60.7 Å². The van der Waals surface area contributed by atoms with Gasteiger partial charge in [0.15, 0.2) is 0 Å². The van der Waals surface area contributed by atoms with Gasteiger partial charge in [-0.3, -0.25) is 9.59 Å². The second kappa shape index (κ2) is 7.37. The topological polar surface area (TPSA) is 58.2 Å². The lowest BCUT2D eigenvalue weighted by molar-refractivity contribution is 0.0949. The standard InChI is InChI=1S/C22H20N2O2S/c1-14-7-8-16(21(25)23-17-9-10-17)13-18(14)24-22(26)20-12-11-19(27-20)15-5-3-2-4-6-15/h2-8,11-13,17H,9-10H2,1H3,(H,23,25)(H,24,26). The average Bonchev–Trinajstić information content (AvgIpc) is 3.35. The molecule has 2 N–H and O–H groups in total. The van der Waals surface area contributed by atoms with Crippen LogP contribution in [0.3, 0.4) is 0 Å². The minimum absolute atomic E-state index is 0.0875. The van der Waals surface area contributed by atoms with Crippen LogP contribution in [-0.4, -0.2) is 17.9 Å². The Kier molecular flexibility index (Phi) is 4.77.